The zero-order valence-corrected chi connectivity index (χ0v) is 12.2. The predicted molar refractivity (Wildman–Crippen MR) is 68.6 cm³/mol. The van der Waals surface area contributed by atoms with Crippen molar-refractivity contribution in [2.45, 2.75) is 11.8 Å². The highest BCUT2D eigenvalue weighted by Crippen LogP contribution is 2.19. The molecule has 0 atom stereocenters. The molecule has 0 saturated carbocycles. The number of methoxy groups -OCH3 is 2. The number of esters is 1. The number of ether oxygens (including phenoxy) is 2. The summed E-state index contributed by atoms with van der Waals surface area (Å²) >= 11 is 0. The molecule has 8 heteroatoms. The first-order valence-corrected chi connectivity index (χ1v) is 7.06. The molecule has 0 bridgehead atoms. The van der Waals surface area contributed by atoms with Crippen molar-refractivity contribution in [3.05, 3.63) is 17.5 Å². The second kappa shape index (κ2) is 6.18. The average molecular weight is 290 g/mol. The molecule has 1 aromatic heterocycles. The monoisotopic (exact) mass is 290 g/mol. The minimum absolute atomic E-state index is 0.0616. The fraction of sp³-hybridized carbons (Fsp3) is 0.545. The lowest BCUT2D eigenvalue weighted by atomic mass is 10.4. The molecule has 0 unspecified atom stereocenters. The molecule has 1 rings (SSSR count). The zero-order chi connectivity index (χ0) is 14.6. The zero-order valence-electron chi connectivity index (χ0n) is 11.4. The molecule has 1 N–H and O–H groups in total. The van der Waals surface area contributed by atoms with Crippen LogP contribution in [0.1, 0.15) is 16.2 Å². The van der Waals surface area contributed by atoms with Gasteiger partial charge in [0, 0.05) is 26.4 Å². The van der Waals surface area contributed by atoms with E-state index in [0.717, 1.165) is 0 Å². The van der Waals surface area contributed by atoms with E-state index in [1.54, 1.807) is 14.0 Å². The first-order chi connectivity index (χ1) is 8.85. The smallest absolute Gasteiger partial charge is 0.354 e. The molecule has 0 aliphatic rings. The summed E-state index contributed by atoms with van der Waals surface area (Å²) in [6, 6.07) is 1.30. The Morgan fingerprint density at radius 2 is 2.05 bits per heavy atom. The van der Waals surface area contributed by atoms with E-state index in [2.05, 4.69) is 9.46 Å². The van der Waals surface area contributed by atoms with Crippen LogP contribution in [0.15, 0.2) is 11.0 Å². The summed E-state index contributed by atoms with van der Waals surface area (Å²) in [7, 11) is 0.671. The largest absolute Gasteiger partial charge is 0.464 e. The third-order valence-electron chi connectivity index (χ3n) is 2.77. The van der Waals surface area contributed by atoms with Gasteiger partial charge < -0.3 is 14.0 Å². The van der Waals surface area contributed by atoms with Gasteiger partial charge in [0.25, 0.3) is 0 Å². The van der Waals surface area contributed by atoms with Gasteiger partial charge in [0.1, 0.15) is 10.6 Å². The SMILES string of the molecule is COCCNS(=O)(=O)c1cc(C(=O)OC)n(C)c1C. The van der Waals surface area contributed by atoms with Gasteiger partial charge >= 0.3 is 5.97 Å². The lowest BCUT2D eigenvalue weighted by Crippen LogP contribution is -2.27. The molecule has 7 nitrogen and oxygen atoms in total. The van der Waals surface area contributed by atoms with Crippen molar-refractivity contribution in [1.29, 1.82) is 0 Å². The predicted octanol–water partition coefficient (Wildman–Crippen LogP) is 0.0448. The van der Waals surface area contributed by atoms with E-state index >= 15 is 0 Å². The van der Waals surface area contributed by atoms with Gasteiger partial charge in [-0.1, -0.05) is 0 Å². The first kappa shape index (κ1) is 15.7. The third-order valence-corrected chi connectivity index (χ3v) is 4.35. The fourth-order valence-corrected chi connectivity index (χ4v) is 2.90. The lowest BCUT2D eigenvalue weighted by Gasteiger charge is -2.06. The third kappa shape index (κ3) is 3.34. The number of nitrogens with zero attached hydrogens (tertiary/aromatic N) is 1. The van der Waals surface area contributed by atoms with Crippen LogP contribution in [0.4, 0.5) is 0 Å². The summed E-state index contributed by atoms with van der Waals surface area (Å²) in [6.07, 6.45) is 0. The molecule has 0 radical (unpaired) electrons. The Morgan fingerprint density at radius 1 is 1.42 bits per heavy atom. The van der Waals surface area contributed by atoms with Crippen LogP contribution in [0, 0.1) is 6.92 Å². The highest BCUT2D eigenvalue weighted by atomic mass is 32.2. The molecule has 0 saturated heterocycles. The Hall–Kier alpha value is -1.38. The maximum absolute atomic E-state index is 12.1. The van der Waals surface area contributed by atoms with E-state index in [4.69, 9.17) is 4.74 Å². The second-order valence-electron chi connectivity index (χ2n) is 3.92. The van der Waals surface area contributed by atoms with Gasteiger partial charge in [-0.2, -0.15) is 0 Å². The Morgan fingerprint density at radius 3 is 2.58 bits per heavy atom. The van der Waals surface area contributed by atoms with Gasteiger partial charge in [-0.3, -0.25) is 0 Å². The van der Waals surface area contributed by atoms with Crippen molar-refractivity contribution >= 4 is 16.0 Å². The fourth-order valence-electron chi connectivity index (χ4n) is 1.60. The minimum atomic E-state index is -3.67. The Balaban J connectivity index is 3.11. The van der Waals surface area contributed by atoms with Crippen LogP contribution < -0.4 is 4.72 Å². The number of carbonyl (C=O) groups excluding carboxylic acids is 1. The summed E-state index contributed by atoms with van der Waals surface area (Å²) < 4.78 is 37.4. The topological polar surface area (TPSA) is 86.6 Å². The van der Waals surface area contributed by atoms with Crippen molar-refractivity contribution in [2.75, 3.05) is 27.4 Å². The lowest BCUT2D eigenvalue weighted by molar-refractivity contribution is 0.0589. The highest BCUT2D eigenvalue weighted by Gasteiger charge is 2.24. The van der Waals surface area contributed by atoms with Crippen LogP contribution in [0.3, 0.4) is 0 Å². The summed E-state index contributed by atoms with van der Waals surface area (Å²) in [6.45, 7) is 2.06. The van der Waals surface area contributed by atoms with Crippen molar-refractivity contribution in [3.8, 4) is 0 Å². The van der Waals surface area contributed by atoms with E-state index in [9.17, 15) is 13.2 Å². The molecule has 0 fully saturated rings. The molecule has 1 aromatic rings. The number of hydrogen-bond donors (Lipinski definition) is 1. The van der Waals surface area contributed by atoms with Crippen LogP contribution >= 0.6 is 0 Å². The Labute approximate surface area is 112 Å². The molecule has 0 spiro atoms. The maximum atomic E-state index is 12.1. The standard InChI is InChI=1S/C11H18N2O5S/c1-8-10(19(15,16)12-5-6-17-3)7-9(13(8)2)11(14)18-4/h7,12H,5-6H2,1-4H3. The second-order valence-corrected chi connectivity index (χ2v) is 5.66. The van der Waals surface area contributed by atoms with Crippen molar-refractivity contribution in [3.63, 3.8) is 0 Å². The van der Waals surface area contributed by atoms with Gasteiger partial charge in [0.2, 0.25) is 10.0 Å². The van der Waals surface area contributed by atoms with E-state index < -0.39 is 16.0 Å². The van der Waals surface area contributed by atoms with Crippen molar-refractivity contribution < 1.29 is 22.7 Å². The van der Waals surface area contributed by atoms with E-state index in [-0.39, 0.29) is 23.7 Å². The van der Waals surface area contributed by atoms with Crippen LogP contribution in [0.2, 0.25) is 0 Å². The van der Waals surface area contributed by atoms with Gasteiger partial charge in [-0.15, -0.1) is 0 Å². The number of sulfonamides is 1. The average Bonchev–Trinajstić information content (AvgIpc) is 2.66. The molecule has 1 heterocycles. The van der Waals surface area contributed by atoms with Crippen LogP contribution in [-0.2, 0) is 26.5 Å². The first-order valence-electron chi connectivity index (χ1n) is 5.58. The molecule has 0 amide bonds. The van der Waals surface area contributed by atoms with Gasteiger partial charge in [0.15, 0.2) is 0 Å². The summed E-state index contributed by atoms with van der Waals surface area (Å²) in [5, 5.41) is 0. The van der Waals surface area contributed by atoms with Gasteiger partial charge in [0.05, 0.1) is 13.7 Å². The van der Waals surface area contributed by atoms with Crippen LogP contribution in [0.5, 0.6) is 0 Å². The van der Waals surface area contributed by atoms with Crippen LogP contribution in [-0.4, -0.2) is 46.3 Å². The van der Waals surface area contributed by atoms with E-state index in [1.807, 2.05) is 0 Å². The molecule has 0 aliphatic heterocycles. The minimum Gasteiger partial charge on any atom is -0.464 e. The van der Waals surface area contributed by atoms with Gasteiger partial charge in [-0.25, -0.2) is 17.9 Å². The molecular formula is C11H18N2O5S. The molecule has 108 valence electrons. The number of rotatable bonds is 6. The normalized spacial score (nSPS) is 11.6. The van der Waals surface area contributed by atoms with Gasteiger partial charge in [-0.05, 0) is 13.0 Å². The van der Waals surface area contributed by atoms with Crippen molar-refractivity contribution in [1.82, 2.24) is 9.29 Å². The Kier molecular flexibility index (Phi) is 5.10. The highest BCUT2D eigenvalue weighted by molar-refractivity contribution is 7.89. The molecular weight excluding hydrogens is 272 g/mol. The summed E-state index contributed by atoms with van der Waals surface area (Å²) in [4.78, 5) is 11.6. The number of hydrogen-bond acceptors (Lipinski definition) is 5. The maximum Gasteiger partial charge on any atom is 0.354 e. The number of aromatic nitrogens is 1. The van der Waals surface area contributed by atoms with E-state index in [1.165, 1.54) is 24.9 Å². The van der Waals surface area contributed by atoms with Crippen LogP contribution in [0.25, 0.3) is 0 Å². The molecule has 19 heavy (non-hydrogen) atoms. The quantitative estimate of drug-likeness (QED) is 0.590. The Bertz CT molecular complexity index is 562. The summed E-state index contributed by atoms with van der Waals surface area (Å²) in [5.41, 5.74) is 0.650. The molecule has 0 aliphatic carbocycles. The number of carbonyl (C=O) groups is 1. The summed E-state index contributed by atoms with van der Waals surface area (Å²) in [5.74, 6) is -0.580. The molecule has 0 aromatic carbocycles. The number of nitrogens with one attached hydrogen (secondary N) is 1. The van der Waals surface area contributed by atoms with Crippen molar-refractivity contribution in [2.24, 2.45) is 7.05 Å². The van der Waals surface area contributed by atoms with E-state index in [0.29, 0.717) is 5.69 Å².